The lowest BCUT2D eigenvalue weighted by atomic mass is 10.0. The molecule has 0 aliphatic carbocycles. The minimum atomic E-state index is -0.219. The summed E-state index contributed by atoms with van der Waals surface area (Å²) in [6.07, 6.45) is 1.86. The van der Waals surface area contributed by atoms with E-state index in [0.717, 1.165) is 4.88 Å². The maximum Gasteiger partial charge on any atom is 0.170 e. The van der Waals surface area contributed by atoms with E-state index in [9.17, 15) is 4.79 Å². The number of thiazole rings is 1. The standard InChI is InChI=1S/C12H8ClNO2S/c13-7-1-2-10-8(3-7)9(15)4-11(16-10)12-5-14-6-17-12/h1-3,5-6,11H,4H2. The number of rotatable bonds is 1. The largest absolute Gasteiger partial charge is 0.484 e. The number of ether oxygens (including phenoxy) is 1. The molecule has 17 heavy (non-hydrogen) atoms. The van der Waals surface area contributed by atoms with Crippen molar-refractivity contribution in [3.05, 3.63) is 45.4 Å². The highest BCUT2D eigenvalue weighted by atomic mass is 35.5. The van der Waals surface area contributed by atoms with Gasteiger partial charge in [0, 0.05) is 11.2 Å². The molecule has 1 aliphatic heterocycles. The second-order valence-electron chi connectivity index (χ2n) is 3.78. The Hall–Kier alpha value is -1.39. The van der Waals surface area contributed by atoms with Gasteiger partial charge in [-0.05, 0) is 18.2 Å². The molecule has 0 bridgehead atoms. The number of hydrogen-bond acceptors (Lipinski definition) is 4. The molecule has 1 atom stereocenters. The molecule has 0 radical (unpaired) electrons. The van der Waals surface area contributed by atoms with Crippen LogP contribution >= 0.6 is 22.9 Å². The van der Waals surface area contributed by atoms with Crippen molar-refractivity contribution in [3.8, 4) is 5.75 Å². The highest BCUT2D eigenvalue weighted by Gasteiger charge is 2.28. The van der Waals surface area contributed by atoms with Crippen molar-refractivity contribution in [2.24, 2.45) is 0 Å². The van der Waals surface area contributed by atoms with Crippen LogP contribution in [0.2, 0.25) is 5.02 Å². The Morgan fingerprint density at radius 3 is 3.12 bits per heavy atom. The maximum atomic E-state index is 12.0. The zero-order valence-corrected chi connectivity index (χ0v) is 10.3. The van der Waals surface area contributed by atoms with Gasteiger partial charge in [0.05, 0.1) is 22.4 Å². The summed E-state index contributed by atoms with van der Waals surface area (Å²) < 4.78 is 5.79. The molecule has 0 saturated heterocycles. The number of nitrogens with zero attached hydrogens (tertiary/aromatic N) is 1. The highest BCUT2D eigenvalue weighted by molar-refractivity contribution is 7.09. The van der Waals surface area contributed by atoms with E-state index in [1.807, 2.05) is 0 Å². The second kappa shape index (κ2) is 4.13. The van der Waals surface area contributed by atoms with Gasteiger partial charge in [-0.15, -0.1) is 11.3 Å². The van der Waals surface area contributed by atoms with Crippen molar-refractivity contribution < 1.29 is 9.53 Å². The summed E-state index contributed by atoms with van der Waals surface area (Å²) in [5.74, 6) is 0.663. The van der Waals surface area contributed by atoms with E-state index in [4.69, 9.17) is 16.3 Å². The van der Waals surface area contributed by atoms with Crippen molar-refractivity contribution in [1.29, 1.82) is 0 Å². The molecule has 0 fully saturated rings. The monoisotopic (exact) mass is 265 g/mol. The number of benzene rings is 1. The van der Waals surface area contributed by atoms with Gasteiger partial charge in [-0.25, -0.2) is 0 Å². The van der Waals surface area contributed by atoms with Gasteiger partial charge in [-0.3, -0.25) is 9.78 Å². The van der Waals surface area contributed by atoms with Crippen LogP contribution in [0.4, 0.5) is 0 Å². The molecule has 2 heterocycles. The van der Waals surface area contributed by atoms with Gasteiger partial charge in [-0.1, -0.05) is 11.6 Å². The minimum Gasteiger partial charge on any atom is -0.484 e. The van der Waals surface area contributed by atoms with E-state index in [1.165, 1.54) is 11.3 Å². The topological polar surface area (TPSA) is 39.2 Å². The molecule has 0 N–H and O–H groups in total. The van der Waals surface area contributed by atoms with Crippen LogP contribution in [-0.2, 0) is 0 Å². The SMILES string of the molecule is O=C1CC(c2cncs2)Oc2ccc(Cl)cc21. The predicted octanol–water partition coefficient (Wildman–Crippen LogP) is 3.50. The van der Waals surface area contributed by atoms with Crippen LogP contribution in [0.25, 0.3) is 0 Å². The summed E-state index contributed by atoms with van der Waals surface area (Å²) in [7, 11) is 0. The number of fused-ring (bicyclic) bond motifs is 1. The molecule has 1 unspecified atom stereocenters. The van der Waals surface area contributed by atoms with E-state index in [0.29, 0.717) is 22.8 Å². The fraction of sp³-hybridized carbons (Fsp3) is 0.167. The summed E-state index contributed by atoms with van der Waals surface area (Å²) in [6.45, 7) is 0. The molecule has 5 heteroatoms. The molecular formula is C12H8ClNO2S. The molecular weight excluding hydrogens is 258 g/mol. The first kappa shape index (κ1) is 10.7. The van der Waals surface area contributed by atoms with Gasteiger partial charge in [0.2, 0.25) is 0 Å². The average Bonchev–Trinajstić information content (AvgIpc) is 2.83. The Kier molecular flexibility index (Phi) is 2.61. The Bertz CT molecular complexity index is 568. The maximum absolute atomic E-state index is 12.0. The number of hydrogen-bond donors (Lipinski definition) is 0. The predicted molar refractivity (Wildman–Crippen MR) is 65.9 cm³/mol. The highest BCUT2D eigenvalue weighted by Crippen LogP contribution is 2.36. The van der Waals surface area contributed by atoms with E-state index >= 15 is 0 Å². The fourth-order valence-electron chi connectivity index (χ4n) is 1.84. The number of halogens is 1. The number of ketones is 1. The minimum absolute atomic E-state index is 0.0622. The van der Waals surface area contributed by atoms with Crippen LogP contribution in [0.3, 0.4) is 0 Å². The third-order valence-electron chi connectivity index (χ3n) is 2.65. The lowest BCUT2D eigenvalue weighted by Crippen LogP contribution is -2.19. The number of Topliss-reactive ketones (excluding diaryl/α,β-unsaturated/α-hetero) is 1. The Morgan fingerprint density at radius 1 is 1.47 bits per heavy atom. The van der Waals surface area contributed by atoms with Gasteiger partial charge in [0.1, 0.15) is 11.9 Å². The van der Waals surface area contributed by atoms with E-state index in [1.54, 1.807) is 29.9 Å². The van der Waals surface area contributed by atoms with Gasteiger partial charge in [0.25, 0.3) is 0 Å². The van der Waals surface area contributed by atoms with E-state index in [-0.39, 0.29) is 11.9 Å². The van der Waals surface area contributed by atoms with Crippen LogP contribution in [-0.4, -0.2) is 10.8 Å². The molecule has 1 aliphatic rings. The van der Waals surface area contributed by atoms with Crippen LogP contribution in [0.15, 0.2) is 29.9 Å². The van der Waals surface area contributed by atoms with Crippen LogP contribution in [0, 0.1) is 0 Å². The third kappa shape index (κ3) is 1.94. The van der Waals surface area contributed by atoms with Gasteiger partial charge in [-0.2, -0.15) is 0 Å². The molecule has 1 aromatic heterocycles. The first-order valence-electron chi connectivity index (χ1n) is 5.12. The second-order valence-corrected chi connectivity index (χ2v) is 5.13. The lowest BCUT2D eigenvalue weighted by molar-refractivity contribution is 0.0854. The van der Waals surface area contributed by atoms with Crippen molar-refractivity contribution in [3.63, 3.8) is 0 Å². The van der Waals surface area contributed by atoms with Crippen LogP contribution in [0.1, 0.15) is 27.8 Å². The van der Waals surface area contributed by atoms with Crippen molar-refractivity contribution in [1.82, 2.24) is 4.98 Å². The van der Waals surface area contributed by atoms with Crippen molar-refractivity contribution in [2.75, 3.05) is 0 Å². The quantitative estimate of drug-likeness (QED) is 0.792. The normalized spacial score (nSPS) is 18.6. The summed E-state index contributed by atoms with van der Waals surface area (Å²) >= 11 is 7.36. The average molecular weight is 266 g/mol. The van der Waals surface area contributed by atoms with Gasteiger partial charge >= 0.3 is 0 Å². The summed E-state index contributed by atoms with van der Waals surface area (Å²) in [5, 5.41) is 0.553. The summed E-state index contributed by atoms with van der Waals surface area (Å²) in [5.41, 5.74) is 2.30. The Morgan fingerprint density at radius 2 is 2.35 bits per heavy atom. The summed E-state index contributed by atoms with van der Waals surface area (Å²) in [4.78, 5) is 17.0. The molecule has 0 spiro atoms. The number of aromatic nitrogens is 1. The first-order chi connectivity index (χ1) is 8.24. The number of carbonyl (C=O) groups is 1. The first-order valence-corrected chi connectivity index (χ1v) is 6.37. The number of carbonyl (C=O) groups excluding carboxylic acids is 1. The molecule has 1 aromatic carbocycles. The van der Waals surface area contributed by atoms with Gasteiger partial charge < -0.3 is 4.74 Å². The third-order valence-corrected chi connectivity index (χ3v) is 3.75. The molecule has 2 aromatic rings. The summed E-state index contributed by atoms with van der Waals surface area (Å²) in [6, 6.07) is 5.12. The molecule has 86 valence electrons. The van der Waals surface area contributed by atoms with Gasteiger partial charge in [0.15, 0.2) is 5.78 Å². The Labute approximate surface area is 107 Å². The molecule has 0 amide bonds. The van der Waals surface area contributed by atoms with E-state index < -0.39 is 0 Å². The van der Waals surface area contributed by atoms with Crippen molar-refractivity contribution in [2.45, 2.75) is 12.5 Å². The van der Waals surface area contributed by atoms with Crippen LogP contribution in [0.5, 0.6) is 5.75 Å². The van der Waals surface area contributed by atoms with Crippen molar-refractivity contribution >= 4 is 28.7 Å². The zero-order chi connectivity index (χ0) is 11.8. The lowest BCUT2D eigenvalue weighted by Gasteiger charge is -2.24. The van der Waals surface area contributed by atoms with Crippen LogP contribution < -0.4 is 4.74 Å². The molecule has 3 nitrogen and oxygen atoms in total. The Balaban J connectivity index is 1.99. The van der Waals surface area contributed by atoms with E-state index in [2.05, 4.69) is 4.98 Å². The smallest absolute Gasteiger partial charge is 0.170 e. The fourth-order valence-corrected chi connectivity index (χ4v) is 2.66. The molecule has 3 rings (SSSR count). The molecule has 0 saturated carbocycles. The zero-order valence-electron chi connectivity index (χ0n) is 8.72.